The molecule has 0 radical (unpaired) electrons. The topological polar surface area (TPSA) is 54.2 Å². The number of hydrogen-bond acceptors (Lipinski definition) is 5. The van der Waals surface area contributed by atoms with Gasteiger partial charge >= 0.3 is 0 Å². The summed E-state index contributed by atoms with van der Waals surface area (Å²) in [6.45, 7) is 3.44. The number of rotatable bonds is 3. The Hall–Kier alpha value is -0.810. The molecule has 0 amide bonds. The average Bonchev–Trinajstić information content (AvgIpc) is 2.62. The van der Waals surface area contributed by atoms with E-state index in [-0.39, 0.29) is 0 Å². The number of hydrogen-bond donors (Lipinski definition) is 2. The van der Waals surface area contributed by atoms with Gasteiger partial charge in [0.05, 0.1) is 6.20 Å². The standard InChI is InChI=1S/C10H18N4S/c1-14-4-2-3-8(7-14)5-12-10-13-6-9(11)15-10/h6,8H,2-5,7,11H2,1H3,(H,12,13). The van der Waals surface area contributed by atoms with E-state index in [2.05, 4.69) is 22.2 Å². The highest BCUT2D eigenvalue weighted by Gasteiger charge is 2.16. The van der Waals surface area contributed by atoms with Crippen LogP contribution in [0.5, 0.6) is 0 Å². The van der Waals surface area contributed by atoms with Gasteiger partial charge in [0.1, 0.15) is 5.00 Å². The zero-order chi connectivity index (χ0) is 10.7. The minimum Gasteiger partial charge on any atom is -0.389 e. The summed E-state index contributed by atoms with van der Waals surface area (Å²) < 4.78 is 0. The number of aromatic nitrogens is 1. The third kappa shape index (κ3) is 3.07. The minimum atomic E-state index is 0.744. The molecule has 0 saturated carbocycles. The van der Waals surface area contributed by atoms with E-state index in [0.717, 1.165) is 22.6 Å². The van der Waals surface area contributed by atoms with Crippen molar-refractivity contribution in [3.05, 3.63) is 6.20 Å². The van der Waals surface area contributed by atoms with Crippen LogP contribution in [0.25, 0.3) is 0 Å². The van der Waals surface area contributed by atoms with Crippen molar-refractivity contribution in [2.24, 2.45) is 5.92 Å². The van der Waals surface area contributed by atoms with E-state index in [1.54, 1.807) is 6.20 Å². The lowest BCUT2D eigenvalue weighted by atomic mass is 9.99. The lowest BCUT2D eigenvalue weighted by Gasteiger charge is -2.29. The van der Waals surface area contributed by atoms with Crippen molar-refractivity contribution in [3.63, 3.8) is 0 Å². The van der Waals surface area contributed by atoms with E-state index in [1.807, 2.05) is 0 Å². The zero-order valence-electron chi connectivity index (χ0n) is 9.07. The predicted octanol–water partition coefficient (Wildman–Crippen LogP) is 1.48. The largest absolute Gasteiger partial charge is 0.389 e. The van der Waals surface area contributed by atoms with E-state index in [4.69, 9.17) is 5.73 Å². The Kier molecular flexibility index (Phi) is 3.43. The molecule has 5 heteroatoms. The van der Waals surface area contributed by atoms with Crippen LogP contribution in [0.2, 0.25) is 0 Å². The molecule has 2 rings (SSSR count). The lowest BCUT2D eigenvalue weighted by molar-refractivity contribution is 0.217. The first-order chi connectivity index (χ1) is 7.24. The number of likely N-dealkylation sites (tertiary alicyclic amines) is 1. The Morgan fingerprint density at radius 3 is 3.27 bits per heavy atom. The quantitative estimate of drug-likeness (QED) is 0.819. The molecule has 0 aromatic carbocycles. The molecular weight excluding hydrogens is 208 g/mol. The maximum atomic E-state index is 5.62. The molecule has 3 N–H and O–H groups in total. The number of nitrogens with one attached hydrogen (secondary N) is 1. The van der Waals surface area contributed by atoms with Crippen LogP contribution >= 0.6 is 11.3 Å². The molecule has 84 valence electrons. The van der Waals surface area contributed by atoms with Crippen LogP contribution < -0.4 is 11.1 Å². The van der Waals surface area contributed by atoms with Gasteiger partial charge in [-0.3, -0.25) is 0 Å². The molecule has 0 bridgehead atoms. The van der Waals surface area contributed by atoms with Gasteiger partial charge in [0.2, 0.25) is 0 Å². The van der Waals surface area contributed by atoms with Gasteiger partial charge in [-0.2, -0.15) is 0 Å². The van der Waals surface area contributed by atoms with E-state index in [0.29, 0.717) is 0 Å². The number of anilines is 2. The van der Waals surface area contributed by atoms with Gasteiger partial charge in [-0.05, 0) is 32.4 Å². The molecule has 2 heterocycles. The summed E-state index contributed by atoms with van der Waals surface area (Å²) in [4.78, 5) is 6.58. The van der Waals surface area contributed by atoms with Crippen molar-refractivity contribution in [2.45, 2.75) is 12.8 Å². The van der Waals surface area contributed by atoms with Crippen molar-refractivity contribution in [1.29, 1.82) is 0 Å². The first-order valence-corrected chi connectivity index (χ1v) is 6.19. The van der Waals surface area contributed by atoms with Crippen LogP contribution in [0.15, 0.2) is 6.20 Å². The third-order valence-electron chi connectivity index (χ3n) is 2.79. The van der Waals surface area contributed by atoms with Crippen LogP contribution in [0, 0.1) is 5.92 Å². The van der Waals surface area contributed by atoms with Gasteiger partial charge in [-0.25, -0.2) is 4.98 Å². The molecule has 15 heavy (non-hydrogen) atoms. The van der Waals surface area contributed by atoms with Gasteiger partial charge in [0, 0.05) is 13.1 Å². The highest BCUT2D eigenvalue weighted by Crippen LogP contribution is 2.21. The summed E-state index contributed by atoms with van der Waals surface area (Å²) in [6.07, 6.45) is 4.33. The van der Waals surface area contributed by atoms with Gasteiger partial charge in [0.15, 0.2) is 5.13 Å². The molecule has 1 aromatic heterocycles. The zero-order valence-corrected chi connectivity index (χ0v) is 9.89. The third-order valence-corrected chi connectivity index (χ3v) is 3.57. The molecule has 4 nitrogen and oxygen atoms in total. The van der Waals surface area contributed by atoms with Gasteiger partial charge in [-0.15, -0.1) is 0 Å². The maximum Gasteiger partial charge on any atom is 0.184 e. The summed E-state index contributed by atoms with van der Waals surface area (Å²) in [5.41, 5.74) is 5.62. The SMILES string of the molecule is CN1CCCC(CNc2ncc(N)s2)C1. The molecule has 1 aromatic rings. The van der Waals surface area contributed by atoms with E-state index in [1.165, 1.54) is 37.3 Å². The fraction of sp³-hybridized carbons (Fsp3) is 0.700. The number of nitrogens with two attached hydrogens (primary N) is 1. The number of thiazole rings is 1. The summed E-state index contributed by atoms with van der Waals surface area (Å²) in [6, 6.07) is 0. The van der Waals surface area contributed by atoms with E-state index in [9.17, 15) is 0 Å². The van der Waals surface area contributed by atoms with Gasteiger partial charge in [-0.1, -0.05) is 11.3 Å². The number of piperidine rings is 1. The second kappa shape index (κ2) is 4.81. The van der Waals surface area contributed by atoms with Crippen molar-refractivity contribution in [2.75, 3.05) is 37.7 Å². The Labute approximate surface area is 94.5 Å². The molecule has 1 atom stereocenters. The first kappa shape index (κ1) is 10.7. The van der Waals surface area contributed by atoms with Crippen molar-refractivity contribution in [3.8, 4) is 0 Å². The normalized spacial score (nSPS) is 22.9. The second-order valence-corrected chi connectivity index (χ2v) is 5.28. The molecule has 1 fully saturated rings. The van der Waals surface area contributed by atoms with Crippen molar-refractivity contribution in [1.82, 2.24) is 9.88 Å². The summed E-state index contributed by atoms with van der Waals surface area (Å²) in [5, 5.41) is 5.08. The smallest absolute Gasteiger partial charge is 0.184 e. The lowest BCUT2D eigenvalue weighted by Crippen LogP contribution is -2.35. The highest BCUT2D eigenvalue weighted by atomic mass is 32.1. The number of nitrogen functional groups attached to an aromatic ring is 1. The highest BCUT2D eigenvalue weighted by molar-refractivity contribution is 7.19. The van der Waals surface area contributed by atoms with Crippen LogP contribution in [-0.2, 0) is 0 Å². The Balaban J connectivity index is 1.77. The molecule has 0 spiro atoms. The van der Waals surface area contributed by atoms with Crippen LogP contribution in [0.1, 0.15) is 12.8 Å². The monoisotopic (exact) mass is 226 g/mol. The van der Waals surface area contributed by atoms with Crippen LogP contribution in [0.3, 0.4) is 0 Å². The molecule has 1 unspecified atom stereocenters. The Morgan fingerprint density at radius 1 is 1.73 bits per heavy atom. The Bertz CT molecular complexity index is 312. The fourth-order valence-corrected chi connectivity index (χ4v) is 2.63. The Morgan fingerprint density at radius 2 is 2.60 bits per heavy atom. The summed E-state index contributed by atoms with van der Waals surface area (Å²) in [5.74, 6) is 0.744. The average molecular weight is 226 g/mol. The van der Waals surface area contributed by atoms with Gasteiger partial charge in [0.25, 0.3) is 0 Å². The molecule has 1 aliphatic heterocycles. The van der Waals surface area contributed by atoms with Crippen LogP contribution in [0.4, 0.5) is 10.1 Å². The number of nitrogens with zero attached hydrogens (tertiary/aromatic N) is 2. The minimum absolute atomic E-state index is 0.744. The molecule has 1 saturated heterocycles. The van der Waals surface area contributed by atoms with Crippen molar-refractivity contribution < 1.29 is 0 Å². The summed E-state index contributed by atoms with van der Waals surface area (Å²) >= 11 is 1.52. The maximum absolute atomic E-state index is 5.62. The fourth-order valence-electron chi connectivity index (χ4n) is 2.04. The molecule has 0 aliphatic carbocycles. The predicted molar refractivity (Wildman–Crippen MR) is 65.2 cm³/mol. The first-order valence-electron chi connectivity index (χ1n) is 5.38. The molecule has 1 aliphatic rings. The molecular formula is C10H18N4S. The van der Waals surface area contributed by atoms with E-state index < -0.39 is 0 Å². The van der Waals surface area contributed by atoms with Gasteiger partial charge < -0.3 is 16.0 Å². The van der Waals surface area contributed by atoms with E-state index >= 15 is 0 Å². The van der Waals surface area contributed by atoms with Crippen LogP contribution in [-0.4, -0.2) is 36.6 Å². The second-order valence-electron chi connectivity index (χ2n) is 4.22. The summed E-state index contributed by atoms with van der Waals surface area (Å²) in [7, 11) is 2.19. The van der Waals surface area contributed by atoms with Crippen molar-refractivity contribution >= 4 is 21.5 Å².